The second-order valence-corrected chi connectivity index (χ2v) is 7.62. The van der Waals surface area contributed by atoms with E-state index in [1.54, 1.807) is 12.1 Å². The number of nitrogens with one attached hydrogen (secondary N) is 1. The van der Waals surface area contributed by atoms with E-state index in [0.29, 0.717) is 22.7 Å². The number of amides is 1. The first-order valence-electron chi connectivity index (χ1n) is 10.4. The molecule has 0 unspecified atom stereocenters. The van der Waals surface area contributed by atoms with E-state index >= 15 is 0 Å². The van der Waals surface area contributed by atoms with Gasteiger partial charge in [0.2, 0.25) is 18.5 Å². The van der Waals surface area contributed by atoms with Crippen LogP contribution in [0.4, 0.5) is 5.69 Å². The lowest BCUT2D eigenvalue weighted by atomic mass is 10.1. The van der Waals surface area contributed by atoms with Crippen molar-refractivity contribution in [3.8, 4) is 23.3 Å². The van der Waals surface area contributed by atoms with Crippen LogP contribution >= 0.6 is 0 Å². The number of nitrogens with zero attached hydrogens (tertiary/aromatic N) is 2. The maximum absolute atomic E-state index is 12.8. The van der Waals surface area contributed by atoms with E-state index in [1.165, 1.54) is 24.3 Å². The molecule has 3 aromatic rings. The number of aromatic nitrogens is 1. The number of ether oxygens (including phenoxy) is 3. The molecule has 1 aliphatic rings. The fourth-order valence-corrected chi connectivity index (χ4v) is 3.73. The van der Waals surface area contributed by atoms with Gasteiger partial charge in [0.05, 0.1) is 11.6 Å². The van der Waals surface area contributed by atoms with Crippen LogP contribution in [0.5, 0.6) is 11.5 Å². The molecular formula is C25H21N3O6. The Hall–Kier alpha value is -4.58. The minimum Gasteiger partial charge on any atom is -0.454 e. The molecule has 0 spiro atoms. The van der Waals surface area contributed by atoms with Crippen LogP contribution < -0.4 is 14.8 Å². The number of anilines is 1. The third kappa shape index (κ3) is 4.61. The molecule has 9 nitrogen and oxygen atoms in total. The number of ketones is 1. The summed E-state index contributed by atoms with van der Waals surface area (Å²) in [4.78, 5) is 36.6. The summed E-state index contributed by atoms with van der Waals surface area (Å²) >= 11 is 0. The molecule has 0 fully saturated rings. The van der Waals surface area contributed by atoms with Gasteiger partial charge in [0.25, 0.3) is 0 Å². The monoisotopic (exact) mass is 459 g/mol. The third-order valence-electron chi connectivity index (χ3n) is 5.32. The van der Waals surface area contributed by atoms with Crippen LogP contribution in [-0.4, -0.2) is 35.6 Å². The molecular weight excluding hydrogens is 438 g/mol. The molecule has 0 bridgehead atoms. The van der Waals surface area contributed by atoms with Crippen molar-refractivity contribution in [2.45, 2.75) is 20.3 Å². The largest absolute Gasteiger partial charge is 0.454 e. The van der Waals surface area contributed by atoms with E-state index in [1.807, 2.05) is 36.6 Å². The number of carbonyl (C=O) groups excluding carboxylic acids is 3. The summed E-state index contributed by atoms with van der Waals surface area (Å²) in [7, 11) is 0. The predicted molar refractivity (Wildman–Crippen MR) is 121 cm³/mol. The Labute approximate surface area is 195 Å². The van der Waals surface area contributed by atoms with Gasteiger partial charge in [0.1, 0.15) is 6.42 Å². The number of benzene rings is 2. The molecule has 0 saturated carbocycles. The summed E-state index contributed by atoms with van der Waals surface area (Å²) in [5.74, 6) is -0.113. The molecule has 0 radical (unpaired) electrons. The second kappa shape index (κ2) is 9.50. The van der Waals surface area contributed by atoms with E-state index < -0.39 is 18.5 Å². The van der Waals surface area contributed by atoms with E-state index in [9.17, 15) is 14.4 Å². The van der Waals surface area contributed by atoms with Crippen LogP contribution in [0.3, 0.4) is 0 Å². The molecule has 0 aliphatic carbocycles. The van der Waals surface area contributed by atoms with E-state index in [0.717, 1.165) is 17.1 Å². The number of Topliss-reactive ketones (excluding diaryl/α,β-unsaturated/α-hetero) is 1. The summed E-state index contributed by atoms with van der Waals surface area (Å²) in [6.07, 6.45) is -0.263. The summed E-state index contributed by atoms with van der Waals surface area (Å²) in [6, 6.07) is 15.1. The number of nitriles is 1. The zero-order valence-corrected chi connectivity index (χ0v) is 18.6. The molecule has 4 rings (SSSR count). The summed E-state index contributed by atoms with van der Waals surface area (Å²) < 4.78 is 17.9. The minimum atomic E-state index is -0.659. The number of hydrogen-bond donors (Lipinski definition) is 1. The highest BCUT2D eigenvalue weighted by Crippen LogP contribution is 2.35. The Morgan fingerprint density at radius 2 is 1.79 bits per heavy atom. The molecule has 172 valence electrons. The topological polar surface area (TPSA) is 120 Å². The van der Waals surface area contributed by atoms with Crippen molar-refractivity contribution in [1.29, 1.82) is 5.26 Å². The molecule has 1 aromatic heterocycles. The van der Waals surface area contributed by atoms with Crippen molar-refractivity contribution in [2.24, 2.45) is 0 Å². The number of fused-ring (bicyclic) bond motifs is 1. The van der Waals surface area contributed by atoms with Gasteiger partial charge in [-0.05, 0) is 56.3 Å². The Morgan fingerprint density at radius 3 is 2.53 bits per heavy atom. The fraction of sp³-hybridized carbons (Fsp3) is 0.200. The number of aryl methyl sites for hydroxylation is 1. The van der Waals surface area contributed by atoms with Crippen LogP contribution in [0.2, 0.25) is 0 Å². The second-order valence-electron chi connectivity index (χ2n) is 7.62. The number of hydrogen-bond acceptors (Lipinski definition) is 7. The molecule has 0 saturated heterocycles. The first-order valence-corrected chi connectivity index (χ1v) is 10.4. The predicted octanol–water partition coefficient (Wildman–Crippen LogP) is 3.71. The maximum Gasteiger partial charge on any atom is 0.338 e. The maximum atomic E-state index is 12.8. The lowest BCUT2D eigenvalue weighted by molar-refractivity contribution is -0.115. The third-order valence-corrected chi connectivity index (χ3v) is 5.32. The lowest BCUT2D eigenvalue weighted by Crippen LogP contribution is -2.15. The zero-order valence-electron chi connectivity index (χ0n) is 18.6. The molecule has 1 amide bonds. The first kappa shape index (κ1) is 22.6. The van der Waals surface area contributed by atoms with Gasteiger partial charge in [-0.25, -0.2) is 4.79 Å². The Morgan fingerprint density at radius 1 is 1.06 bits per heavy atom. The van der Waals surface area contributed by atoms with Crippen LogP contribution in [-0.2, 0) is 9.53 Å². The first-order chi connectivity index (χ1) is 16.4. The molecule has 1 aliphatic heterocycles. The highest BCUT2D eigenvalue weighted by Gasteiger charge is 2.20. The van der Waals surface area contributed by atoms with Crippen molar-refractivity contribution >= 4 is 23.3 Å². The molecule has 2 heterocycles. The van der Waals surface area contributed by atoms with Crippen molar-refractivity contribution in [3.05, 3.63) is 71.0 Å². The quantitative estimate of drug-likeness (QED) is 0.422. The van der Waals surface area contributed by atoms with Crippen LogP contribution in [0.25, 0.3) is 5.69 Å². The van der Waals surface area contributed by atoms with Crippen molar-refractivity contribution < 1.29 is 28.6 Å². The van der Waals surface area contributed by atoms with Crippen LogP contribution in [0.1, 0.15) is 38.5 Å². The SMILES string of the molecule is Cc1cc(C(=O)COC(=O)c2ccc(NC(=O)CC#N)cc2)c(C)n1-c1ccc2c(c1)OCO2. The summed E-state index contributed by atoms with van der Waals surface area (Å²) in [5.41, 5.74) is 3.53. The Balaban J connectivity index is 1.41. The van der Waals surface area contributed by atoms with Gasteiger partial charge in [-0.2, -0.15) is 5.26 Å². The van der Waals surface area contributed by atoms with Crippen molar-refractivity contribution in [3.63, 3.8) is 0 Å². The number of carbonyl (C=O) groups is 3. The highest BCUT2D eigenvalue weighted by molar-refractivity contribution is 6.00. The smallest absolute Gasteiger partial charge is 0.338 e. The van der Waals surface area contributed by atoms with Crippen molar-refractivity contribution in [2.75, 3.05) is 18.7 Å². The fourth-order valence-electron chi connectivity index (χ4n) is 3.73. The van der Waals surface area contributed by atoms with E-state index in [-0.39, 0.29) is 24.6 Å². The van der Waals surface area contributed by atoms with Gasteiger partial charge < -0.3 is 24.1 Å². The molecule has 34 heavy (non-hydrogen) atoms. The van der Waals surface area contributed by atoms with Crippen LogP contribution in [0, 0.1) is 25.2 Å². The average Bonchev–Trinajstić information content (AvgIpc) is 3.41. The van der Waals surface area contributed by atoms with Crippen LogP contribution in [0.15, 0.2) is 48.5 Å². The molecule has 9 heteroatoms. The normalized spacial score (nSPS) is 11.6. The summed E-state index contributed by atoms with van der Waals surface area (Å²) in [5, 5.41) is 11.1. The Kier molecular flexibility index (Phi) is 6.32. The number of esters is 1. The van der Waals surface area contributed by atoms with Gasteiger partial charge >= 0.3 is 5.97 Å². The molecule has 1 N–H and O–H groups in total. The lowest BCUT2D eigenvalue weighted by Gasteiger charge is -2.11. The standard InChI is InChI=1S/C25H21N3O6/c1-15-11-20(16(2)28(15)19-7-8-22-23(12-19)34-14-33-22)21(29)13-32-25(31)17-3-5-18(6-4-17)27-24(30)9-10-26/h3-8,11-12H,9,13-14H2,1-2H3,(H,27,30). The van der Waals surface area contributed by atoms with Gasteiger partial charge in [-0.3, -0.25) is 9.59 Å². The van der Waals surface area contributed by atoms with E-state index in [2.05, 4.69) is 5.32 Å². The summed E-state index contributed by atoms with van der Waals surface area (Å²) in [6.45, 7) is 3.48. The molecule has 0 atom stereocenters. The zero-order chi connectivity index (χ0) is 24.2. The van der Waals surface area contributed by atoms with Gasteiger partial charge in [-0.1, -0.05) is 0 Å². The molecule has 2 aromatic carbocycles. The average molecular weight is 459 g/mol. The van der Waals surface area contributed by atoms with Crippen molar-refractivity contribution in [1.82, 2.24) is 4.57 Å². The Bertz CT molecular complexity index is 1320. The highest BCUT2D eigenvalue weighted by atomic mass is 16.7. The van der Waals surface area contributed by atoms with Gasteiger partial charge in [0, 0.05) is 34.4 Å². The van der Waals surface area contributed by atoms with Gasteiger partial charge in [0.15, 0.2) is 18.1 Å². The van der Waals surface area contributed by atoms with E-state index in [4.69, 9.17) is 19.5 Å². The minimum absolute atomic E-state index is 0.177. The van der Waals surface area contributed by atoms with Gasteiger partial charge in [-0.15, -0.1) is 0 Å². The number of rotatable bonds is 7.